The third-order valence-electron chi connectivity index (χ3n) is 3.85. The summed E-state index contributed by atoms with van der Waals surface area (Å²) in [6, 6.07) is 6.32. The van der Waals surface area contributed by atoms with E-state index in [0.29, 0.717) is 6.10 Å². The lowest BCUT2D eigenvalue weighted by atomic mass is 9.89. The van der Waals surface area contributed by atoms with Crippen molar-refractivity contribution < 1.29 is 4.74 Å². The summed E-state index contributed by atoms with van der Waals surface area (Å²) in [4.78, 5) is 0. The van der Waals surface area contributed by atoms with Gasteiger partial charge in [0.15, 0.2) is 0 Å². The molecule has 0 amide bonds. The van der Waals surface area contributed by atoms with Gasteiger partial charge in [0.2, 0.25) is 0 Å². The van der Waals surface area contributed by atoms with E-state index in [2.05, 4.69) is 53.3 Å². The second kappa shape index (κ2) is 7.30. The standard InChI is InChI=1S/C16H24BrNO/c1-3-18-11-13-10-15(8-9-16(13)17)19-14-6-4-12(2)5-7-14/h8-10,12,14,18H,3-7,11H2,1-2H3. The van der Waals surface area contributed by atoms with Crippen molar-refractivity contribution >= 4 is 15.9 Å². The first kappa shape index (κ1) is 14.9. The molecule has 1 fully saturated rings. The largest absolute Gasteiger partial charge is 0.490 e. The Morgan fingerprint density at radius 1 is 1.26 bits per heavy atom. The number of hydrogen-bond donors (Lipinski definition) is 1. The van der Waals surface area contributed by atoms with Crippen LogP contribution in [-0.2, 0) is 6.54 Å². The molecule has 0 aliphatic heterocycles. The molecule has 3 heteroatoms. The summed E-state index contributed by atoms with van der Waals surface area (Å²) in [5.74, 6) is 1.88. The second-order valence-corrected chi connectivity index (χ2v) is 6.39. The molecule has 0 heterocycles. The van der Waals surface area contributed by atoms with Crippen molar-refractivity contribution in [1.29, 1.82) is 0 Å². The molecular weight excluding hydrogens is 302 g/mol. The van der Waals surface area contributed by atoms with Gasteiger partial charge in [0.1, 0.15) is 5.75 Å². The van der Waals surface area contributed by atoms with E-state index in [0.717, 1.165) is 29.2 Å². The summed E-state index contributed by atoms with van der Waals surface area (Å²) in [6.07, 6.45) is 5.39. The number of halogens is 1. The van der Waals surface area contributed by atoms with Crippen LogP contribution in [0, 0.1) is 5.92 Å². The van der Waals surface area contributed by atoms with Gasteiger partial charge in [0, 0.05) is 11.0 Å². The van der Waals surface area contributed by atoms with Crippen LogP contribution in [0.25, 0.3) is 0 Å². The highest BCUT2D eigenvalue weighted by Gasteiger charge is 2.19. The minimum atomic E-state index is 0.407. The summed E-state index contributed by atoms with van der Waals surface area (Å²) >= 11 is 3.60. The Kier molecular flexibility index (Phi) is 5.71. The van der Waals surface area contributed by atoms with Gasteiger partial charge in [0.05, 0.1) is 6.10 Å². The minimum Gasteiger partial charge on any atom is -0.490 e. The second-order valence-electron chi connectivity index (χ2n) is 5.53. The van der Waals surface area contributed by atoms with E-state index in [1.54, 1.807) is 0 Å². The molecule has 1 N–H and O–H groups in total. The first-order valence-electron chi connectivity index (χ1n) is 7.34. The average molecular weight is 326 g/mol. The Morgan fingerprint density at radius 3 is 2.68 bits per heavy atom. The highest BCUT2D eigenvalue weighted by molar-refractivity contribution is 9.10. The molecule has 1 aliphatic carbocycles. The van der Waals surface area contributed by atoms with Gasteiger partial charge in [-0.1, -0.05) is 29.8 Å². The SMILES string of the molecule is CCNCc1cc(OC2CCC(C)CC2)ccc1Br. The fraction of sp³-hybridized carbons (Fsp3) is 0.625. The van der Waals surface area contributed by atoms with E-state index < -0.39 is 0 Å². The Morgan fingerprint density at radius 2 is 2.00 bits per heavy atom. The minimum absolute atomic E-state index is 0.407. The van der Waals surface area contributed by atoms with Crippen LogP contribution in [0.2, 0.25) is 0 Å². The van der Waals surface area contributed by atoms with E-state index in [1.165, 1.54) is 31.2 Å². The van der Waals surface area contributed by atoms with Crippen LogP contribution in [0.5, 0.6) is 5.75 Å². The van der Waals surface area contributed by atoms with Gasteiger partial charge in [-0.15, -0.1) is 0 Å². The Balaban J connectivity index is 1.96. The zero-order valence-corrected chi connectivity index (χ0v) is 13.5. The summed E-state index contributed by atoms with van der Waals surface area (Å²) < 4.78 is 7.28. The molecule has 0 spiro atoms. The number of rotatable bonds is 5. The van der Waals surface area contributed by atoms with Crippen LogP contribution >= 0.6 is 15.9 Å². The lowest BCUT2D eigenvalue weighted by Gasteiger charge is -2.27. The van der Waals surface area contributed by atoms with Crippen molar-refractivity contribution in [3.05, 3.63) is 28.2 Å². The molecule has 0 bridgehead atoms. The Labute approximate surface area is 125 Å². The Hall–Kier alpha value is -0.540. The molecule has 0 aromatic heterocycles. The maximum Gasteiger partial charge on any atom is 0.120 e. The zero-order valence-electron chi connectivity index (χ0n) is 11.9. The highest BCUT2D eigenvalue weighted by Crippen LogP contribution is 2.29. The molecule has 0 radical (unpaired) electrons. The number of nitrogens with one attached hydrogen (secondary N) is 1. The fourth-order valence-corrected chi connectivity index (χ4v) is 2.95. The molecule has 0 unspecified atom stereocenters. The van der Waals surface area contributed by atoms with E-state index >= 15 is 0 Å². The quantitative estimate of drug-likeness (QED) is 0.859. The molecule has 1 aromatic rings. The molecule has 1 saturated carbocycles. The van der Waals surface area contributed by atoms with Gasteiger partial charge in [-0.2, -0.15) is 0 Å². The zero-order chi connectivity index (χ0) is 13.7. The van der Waals surface area contributed by atoms with Crippen molar-refractivity contribution in [3.63, 3.8) is 0 Å². The molecule has 1 aromatic carbocycles. The fourth-order valence-electron chi connectivity index (χ4n) is 2.56. The summed E-state index contributed by atoms with van der Waals surface area (Å²) in [5, 5.41) is 3.36. The van der Waals surface area contributed by atoms with Crippen LogP contribution in [0.1, 0.15) is 45.1 Å². The molecule has 2 nitrogen and oxygen atoms in total. The highest BCUT2D eigenvalue weighted by atomic mass is 79.9. The van der Waals surface area contributed by atoms with Crippen LogP contribution in [0.3, 0.4) is 0 Å². The summed E-state index contributed by atoms with van der Waals surface area (Å²) in [5.41, 5.74) is 1.27. The number of benzene rings is 1. The smallest absolute Gasteiger partial charge is 0.120 e. The van der Waals surface area contributed by atoms with Crippen LogP contribution in [0.15, 0.2) is 22.7 Å². The maximum absolute atomic E-state index is 6.13. The monoisotopic (exact) mass is 325 g/mol. The van der Waals surface area contributed by atoms with Crippen LogP contribution in [-0.4, -0.2) is 12.6 Å². The number of ether oxygens (including phenoxy) is 1. The Bertz CT molecular complexity index is 400. The van der Waals surface area contributed by atoms with Gasteiger partial charge in [-0.25, -0.2) is 0 Å². The van der Waals surface area contributed by atoms with Crippen molar-refractivity contribution in [1.82, 2.24) is 5.32 Å². The van der Waals surface area contributed by atoms with Gasteiger partial charge >= 0.3 is 0 Å². The molecule has 0 saturated heterocycles. The van der Waals surface area contributed by atoms with Gasteiger partial charge in [-0.05, 0) is 61.9 Å². The third-order valence-corrected chi connectivity index (χ3v) is 4.62. The van der Waals surface area contributed by atoms with Crippen molar-refractivity contribution in [3.8, 4) is 5.75 Å². The van der Waals surface area contributed by atoms with Crippen LogP contribution in [0.4, 0.5) is 0 Å². The van der Waals surface area contributed by atoms with Gasteiger partial charge in [-0.3, -0.25) is 0 Å². The molecule has 1 aliphatic rings. The molecule has 2 rings (SSSR count). The van der Waals surface area contributed by atoms with Gasteiger partial charge in [0.25, 0.3) is 0 Å². The van der Waals surface area contributed by atoms with E-state index in [1.807, 2.05) is 0 Å². The lowest BCUT2D eigenvalue weighted by Crippen LogP contribution is -2.23. The van der Waals surface area contributed by atoms with E-state index in [-0.39, 0.29) is 0 Å². The van der Waals surface area contributed by atoms with Crippen LogP contribution < -0.4 is 10.1 Å². The topological polar surface area (TPSA) is 21.3 Å². The third kappa shape index (κ3) is 4.50. The predicted octanol–water partition coefficient (Wildman–Crippen LogP) is 4.52. The molecule has 106 valence electrons. The average Bonchev–Trinajstić information content (AvgIpc) is 2.42. The van der Waals surface area contributed by atoms with Gasteiger partial charge < -0.3 is 10.1 Å². The summed E-state index contributed by atoms with van der Waals surface area (Å²) in [6.45, 7) is 6.33. The van der Waals surface area contributed by atoms with E-state index in [9.17, 15) is 0 Å². The van der Waals surface area contributed by atoms with Crippen molar-refractivity contribution in [2.45, 2.75) is 52.2 Å². The van der Waals surface area contributed by atoms with Crippen molar-refractivity contribution in [2.75, 3.05) is 6.54 Å². The molecule has 0 atom stereocenters. The first-order chi connectivity index (χ1) is 9.19. The van der Waals surface area contributed by atoms with E-state index in [4.69, 9.17) is 4.74 Å². The van der Waals surface area contributed by atoms with Crippen molar-refractivity contribution in [2.24, 2.45) is 5.92 Å². The molecular formula is C16H24BrNO. The maximum atomic E-state index is 6.13. The summed E-state index contributed by atoms with van der Waals surface area (Å²) in [7, 11) is 0. The predicted molar refractivity (Wildman–Crippen MR) is 83.6 cm³/mol. The first-order valence-corrected chi connectivity index (χ1v) is 8.14. The number of hydrogen-bond acceptors (Lipinski definition) is 2. The molecule has 19 heavy (non-hydrogen) atoms. The lowest BCUT2D eigenvalue weighted by molar-refractivity contribution is 0.135. The normalized spacial score (nSPS) is 23.3.